The molecule has 0 unspecified atom stereocenters. The number of anilines is 2. The van der Waals surface area contributed by atoms with E-state index in [0.29, 0.717) is 11.4 Å². The first kappa shape index (κ1) is 15.2. The van der Waals surface area contributed by atoms with Crippen molar-refractivity contribution < 1.29 is 4.79 Å². The van der Waals surface area contributed by atoms with Gasteiger partial charge in [0.2, 0.25) is 0 Å². The molecule has 0 aromatic carbocycles. The smallest absolute Gasteiger partial charge is 0.265 e. The van der Waals surface area contributed by atoms with Crippen molar-refractivity contribution in [1.29, 1.82) is 0 Å². The average Bonchev–Trinajstić information content (AvgIpc) is 2.89. The zero-order valence-electron chi connectivity index (χ0n) is 12.2. The van der Waals surface area contributed by atoms with Crippen LogP contribution in [0.5, 0.6) is 0 Å². The van der Waals surface area contributed by atoms with E-state index >= 15 is 0 Å². The predicted molar refractivity (Wildman–Crippen MR) is 85.5 cm³/mol. The summed E-state index contributed by atoms with van der Waals surface area (Å²) in [5.74, 6) is 0.0920. The van der Waals surface area contributed by atoms with Crippen LogP contribution in [0.25, 0.3) is 0 Å². The number of hydrogen-bond donors (Lipinski definition) is 2. The molecular weight excluding hydrogens is 286 g/mol. The van der Waals surface area contributed by atoms with E-state index in [0.717, 1.165) is 23.8 Å². The molecule has 0 aliphatic heterocycles. The van der Waals surface area contributed by atoms with Crippen molar-refractivity contribution in [2.75, 3.05) is 23.7 Å². The van der Waals surface area contributed by atoms with Gasteiger partial charge in [-0.1, -0.05) is 11.3 Å². The number of pyridine rings is 1. The standard InChI is InChI=1S/C14H19N5OS/c1-3-19(4-2)14-18-12(15)11(21-14)13(20)17-9-10-5-7-16-8-6-10/h5-8H,3-4,9,15H2,1-2H3,(H,17,20). The number of carbonyl (C=O) groups excluding carboxylic acids is 1. The second-order valence-electron chi connectivity index (χ2n) is 4.42. The number of rotatable bonds is 6. The summed E-state index contributed by atoms with van der Waals surface area (Å²) < 4.78 is 0. The lowest BCUT2D eigenvalue weighted by Gasteiger charge is -2.16. The predicted octanol–water partition coefficient (Wildman–Crippen LogP) is 1.90. The molecule has 112 valence electrons. The van der Waals surface area contributed by atoms with Crippen LogP contribution in [0.15, 0.2) is 24.5 Å². The van der Waals surface area contributed by atoms with E-state index in [2.05, 4.69) is 20.2 Å². The molecule has 6 nitrogen and oxygen atoms in total. The van der Waals surface area contributed by atoms with Crippen molar-refractivity contribution in [1.82, 2.24) is 15.3 Å². The maximum absolute atomic E-state index is 12.2. The molecule has 0 atom stereocenters. The molecule has 21 heavy (non-hydrogen) atoms. The van der Waals surface area contributed by atoms with Crippen molar-refractivity contribution >= 4 is 28.2 Å². The van der Waals surface area contributed by atoms with Crippen LogP contribution in [0, 0.1) is 0 Å². The molecule has 0 bridgehead atoms. The quantitative estimate of drug-likeness (QED) is 0.851. The third-order valence-corrected chi connectivity index (χ3v) is 4.22. The van der Waals surface area contributed by atoms with Gasteiger partial charge in [0.05, 0.1) is 0 Å². The Hall–Kier alpha value is -2.15. The van der Waals surface area contributed by atoms with Gasteiger partial charge in [0.1, 0.15) is 10.7 Å². The van der Waals surface area contributed by atoms with Crippen LogP contribution < -0.4 is 16.0 Å². The Labute approximate surface area is 128 Å². The van der Waals surface area contributed by atoms with E-state index in [1.165, 1.54) is 11.3 Å². The molecule has 3 N–H and O–H groups in total. The second-order valence-corrected chi connectivity index (χ2v) is 5.40. The fourth-order valence-corrected chi connectivity index (χ4v) is 2.90. The van der Waals surface area contributed by atoms with Crippen molar-refractivity contribution in [3.63, 3.8) is 0 Å². The van der Waals surface area contributed by atoms with Crippen molar-refractivity contribution in [2.45, 2.75) is 20.4 Å². The van der Waals surface area contributed by atoms with E-state index < -0.39 is 0 Å². The van der Waals surface area contributed by atoms with E-state index in [1.54, 1.807) is 12.4 Å². The van der Waals surface area contributed by atoms with E-state index in [1.807, 2.05) is 26.0 Å². The molecule has 0 aliphatic carbocycles. The normalized spacial score (nSPS) is 10.4. The molecule has 2 aromatic rings. The van der Waals surface area contributed by atoms with Gasteiger partial charge in [0.25, 0.3) is 5.91 Å². The molecule has 1 amide bonds. The molecule has 7 heteroatoms. The number of aromatic nitrogens is 2. The number of amides is 1. The fourth-order valence-electron chi connectivity index (χ4n) is 1.88. The highest BCUT2D eigenvalue weighted by atomic mass is 32.1. The van der Waals surface area contributed by atoms with Gasteiger partial charge in [-0.2, -0.15) is 0 Å². The second kappa shape index (κ2) is 7.03. The minimum atomic E-state index is -0.194. The zero-order valence-corrected chi connectivity index (χ0v) is 13.0. The highest BCUT2D eigenvalue weighted by Gasteiger charge is 2.18. The molecule has 0 saturated heterocycles. The van der Waals surface area contributed by atoms with Gasteiger partial charge in [0, 0.05) is 32.0 Å². The van der Waals surface area contributed by atoms with Gasteiger partial charge in [-0.05, 0) is 31.5 Å². The molecule has 0 saturated carbocycles. The largest absolute Gasteiger partial charge is 0.382 e. The maximum atomic E-state index is 12.2. The Kier molecular flexibility index (Phi) is 5.10. The number of nitrogens with two attached hydrogens (primary N) is 1. The Balaban J connectivity index is 2.05. The van der Waals surface area contributed by atoms with Gasteiger partial charge in [-0.3, -0.25) is 9.78 Å². The lowest BCUT2D eigenvalue weighted by molar-refractivity contribution is 0.0955. The molecule has 2 heterocycles. The first-order chi connectivity index (χ1) is 10.2. The Morgan fingerprint density at radius 2 is 2.00 bits per heavy atom. The summed E-state index contributed by atoms with van der Waals surface area (Å²) in [6.45, 7) is 6.21. The lowest BCUT2D eigenvalue weighted by Crippen LogP contribution is -2.22. The minimum Gasteiger partial charge on any atom is -0.382 e. The van der Waals surface area contributed by atoms with Crippen molar-refractivity contribution in [3.8, 4) is 0 Å². The molecule has 0 spiro atoms. The molecule has 0 aliphatic rings. The van der Waals surface area contributed by atoms with Crippen molar-refractivity contribution in [3.05, 3.63) is 35.0 Å². The van der Waals surface area contributed by atoms with Gasteiger partial charge < -0.3 is 16.0 Å². The summed E-state index contributed by atoms with van der Waals surface area (Å²) in [6.07, 6.45) is 3.39. The first-order valence-corrected chi connectivity index (χ1v) is 7.65. The molecule has 2 aromatic heterocycles. The van der Waals surface area contributed by atoms with Gasteiger partial charge >= 0.3 is 0 Å². The SMILES string of the molecule is CCN(CC)c1nc(N)c(C(=O)NCc2ccncc2)s1. The summed E-state index contributed by atoms with van der Waals surface area (Å²) in [4.78, 5) is 23.0. The number of carbonyl (C=O) groups is 1. The van der Waals surface area contributed by atoms with E-state index in [-0.39, 0.29) is 11.7 Å². The van der Waals surface area contributed by atoms with Gasteiger partial charge in [0.15, 0.2) is 5.13 Å². The Morgan fingerprint density at radius 3 is 2.62 bits per heavy atom. The fraction of sp³-hybridized carbons (Fsp3) is 0.357. The molecular formula is C14H19N5OS. The third kappa shape index (κ3) is 3.69. The highest BCUT2D eigenvalue weighted by molar-refractivity contribution is 7.18. The number of thiazole rings is 1. The van der Waals surface area contributed by atoms with Crippen LogP contribution in [0.2, 0.25) is 0 Å². The zero-order chi connectivity index (χ0) is 15.2. The minimum absolute atomic E-state index is 0.194. The topological polar surface area (TPSA) is 84.1 Å². The number of nitrogens with zero attached hydrogens (tertiary/aromatic N) is 3. The van der Waals surface area contributed by atoms with Crippen LogP contribution in [0.4, 0.5) is 10.9 Å². The average molecular weight is 305 g/mol. The van der Waals surface area contributed by atoms with Crippen molar-refractivity contribution in [2.24, 2.45) is 0 Å². The van der Waals surface area contributed by atoms with Crippen LogP contribution in [-0.4, -0.2) is 29.0 Å². The highest BCUT2D eigenvalue weighted by Crippen LogP contribution is 2.27. The van der Waals surface area contributed by atoms with E-state index in [9.17, 15) is 4.79 Å². The third-order valence-electron chi connectivity index (χ3n) is 3.08. The molecule has 0 radical (unpaired) electrons. The summed E-state index contributed by atoms with van der Waals surface area (Å²) in [6, 6.07) is 3.72. The molecule has 2 rings (SSSR count). The molecule has 0 fully saturated rings. The first-order valence-electron chi connectivity index (χ1n) is 6.84. The van der Waals surface area contributed by atoms with Crippen LogP contribution >= 0.6 is 11.3 Å². The van der Waals surface area contributed by atoms with Crippen LogP contribution in [-0.2, 0) is 6.54 Å². The van der Waals surface area contributed by atoms with Crippen LogP contribution in [0.3, 0.4) is 0 Å². The maximum Gasteiger partial charge on any atom is 0.265 e. The summed E-state index contributed by atoms with van der Waals surface area (Å²) >= 11 is 1.33. The van der Waals surface area contributed by atoms with Crippen LogP contribution in [0.1, 0.15) is 29.1 Å². The van der Waals surface area contributed by atoms with Gasteiger partial charge in [-0.25, -0.2) is 4.98 Å². The Morgan fingerprint density at radius 1 is 1.33 bits per heavy atom. The lowest BCUT2D eigenvalue weighted by atomic mass is 10.3. The van der Waals surface area contributed by atoms with E-state index in [4.69, 9.17) is 5.73 Å². The summed E-state index contributed by atoms with van der Waals surface area (Å²) in [5, 5.41) is 3.63. The number of hydrogen-bond acceptors (Lipinski definition) is 6. The Bertz CT molecular complexity index is 595. The monoisotopic (exact) mass is 305 g/mol. The summed E-state index contributed by atoms with van der Waals surface area (Å²) in [7, 11) is 0. The number of nitrogen functional groups attached to an aromatic ring is 1. The number of nitrogens with one attached hydrogen (secondary N) is 1. The summed E-state index contributed by atoms with van der Waals surface area (Å²) in [5.41, 5.74) is 6.85. The van der Waals surface area contributed by atoms with Gasteiger partial charge in [-0.15, -0.1) is 0 Å².